The first-order valence-electron chi connectivity index (χ1n) is 9.09. The summed E-state index contributed by atoms with van der Waals surface area (Å²) in [6.45, 7) is 3.92. The van der Waals surface area contributed by atoms with Gasteiger partial charge in [-0.1, -0.05) is 0 Å². The van der Waals surface area contributed by atoms with E-state index in [0.29, 0.717) is 37.3 Å². The Hall–Kier alpha value is -1.92. The molecular formula is C19H27N3O3. The summed E-state index contributed by atoms with van der Waals surface area (Å²) in [7, 11) is 0. The van der Waals surface area contributed by atoms with Crippen molar-refractivity contribution >= 4 is 17.5 Å². The number of benzene rings is 1. The van der Waals surface area contributed by atoms with Gasteiger partial charge in [0.25, 0.3) is 5.91 Å². The van der Waals surface area contributed by atoms with Crippen molar-refractivity contribution in [3.8, 4) is 0 Å². The molecule has 2 aliphatic rings. The first-order chi connectivity index (χ1) is 12.0. The van der Waals surface area contributed by atoms with Gasteiger partial charge in [-0.15, -0.1) is 0 Å². The second kappa shape index (κ2) is 7.54. The molecule has 1 aromatic rings. The van der Waals surface area contributed by atoms with E-state index < -0.39 is 5.54 Å². The summed E-state index contributed by atoms with van der Waals surface area (Å²) < 4.78 is 5.27. The molecule has 25 heavy (non-hydrogen) atoms. The Labute approximate surface area is 148 Å². The van der Waals surface area contributed by atoms with Crippen molar-refractivity contribution in [2.24, 2.45) is 5.73 Å². The van der Waals surface area contributed by atoms with Crippen molar-refractivity contribution < 1.29 is 14.3 Å². The van der Waals surface area contributed by atoms with Crippen LogP contribution in [-0.2, 0) is 9.53 Å². The molecule has 0 aromatic heterocycles. The maximum Gasteiger partial charge on any atom is 0.254 e. The number of piperidine rings is 1. The number of hydrogen-bond donors (Lipinski definition) is 2. The highest BCUT2D eigenvalue weighted by atomic mass is 16.5. The molecule has 6 nitrogen and oxygen atoms in total. The fourth-order valence-electron chi connectivity index (χ4n) is 3.48. The van der Waals surface area contributed by atoms with Crippen molar-refractivity contribution in [1.29, 1.82) is 0 Å². The van der Waals surface area contributed by atoms with E-state index in [-0.39, 0.29) is 17.9 Å². The SMILES string of the molecule is CC1CCCCN1C(=O)c1ccc(NC(=O)C2(N)CCOCC2)cc1. The standard InChI is InChI=1S/C19H27N3O3/c1-14-4-2-3-11-22(14)17(23)15-5-7-16(8-6-15)21-18(24)19(20)9-12-25-13-10-19/h5-8,14H,2-4,9-13,20H2,1H3,(H,21,24). The predicted molar refractivity (Wildman–Crippen MR) is 96.4 cm³/mol. The van der Waals surface area contributed by atoms with Crippen LogP contribution in [0.3, 0.4) is 0 Å². The van der Waals surface area contributed by atoms with Crippen molar-refractivity contribution in [2.45, 2.75) is 50.6 Å². The van der Waals surface area contributed by atoms with Crippen LogP contribution in [0.1, 0.15) is 49.4 Å². The van der Waals surface area contributed by atoms with Crippen LogP contribution < -0.4 is 11.1 Å². The highest BCUT2D eigenvalue weighted by Crippen LogP contribution is 2.22. The molecule has 6 heteroatoms. The monoisotopic (exact) mass is 345 g/mol. The van der Waals surface area contributed by atoms with Crippen LogP contribution in [0.2, 0.25) is 0 Å². The number of nitrogens with one attached hydrogen (secondary N) is 1. The van der Waals surface area contributed by atoms with E-state index in [9.17, 15) is 9.59 Å². The lowest BCUT2D eigenvalue weighted by Gasteiger charge is -2.33. The topological polar surface area (TPSA) is 84.7 Å². The number of nitrogens with zero attached hydrogens (tertiary/aromatic N) is 1. The van der Waals surface area contributed by atoms with Gasteiger partial charge in [0.15, 0.2) is 0 Å². The van der Waals surface area contributed by atoms with Crippen molar-refractivity contribution in [2.75, 3.05) is 25.1 Å². The van der Waals surface area contributed by atoms with E-state index in [1.165, 1.54) is 6.42 Å². The Morgan fingerprint density at radius 2 is 1.88 bits per heavy atom. The largest absolute Gasteiger partial charge is 0.381 e. The Kier molecular flexibility index (Phi) is 5.39. The van der Waals surface area contributed by atoms with Crippen LogP contribution in [0.4, 0.5) is 5.69 Å². The van der Waals surface area contributed by atoms with Crippen LogP contribution in [0.25, 0.3) is 0 Å². The minimum absolute atomic E-state index is 0.0600. The van der Waals surface area contributed by atoms with Crippen molar-refractivity contribution in [3.63, 3.8) is 0 Å². The molecule has 0 saturated carbocycles. The molecule has 3 N–H and O–H groups in total. The third kappa shape index (κ3) is 4.02. The molecule has 0 spiro atoms. The van der Waals surface area contributed by atoms with E-state index in [1.807, 2.05) is 4.90 Å². The number of rotatable bonds is 3. The summed E-state index contributed by atoms with van der Waals surface area (Å²) in [5.41, 5.74) is 6.62. The summed E-state index contributed by atoms with van der Waals surface area (Å²) in [6, 6.07) is 7.36. The van der Waals surface area contributed by atoms with Crippen LogP contribution in [0.15, 0.2) is 24.3 Å². The number of hydrogen-bond acceptors (Lipinski definition) is 4. The Morgan fingerprint density at radius 1 is 1.20 bits per heavy atom. The molecule has 1 unspecified atom stereocenters. The lowest BCUT2D eigenvalue weighted by atomic mass is 9.90. The van der Waals surface area contributed by atoms with E-state index in [2.05, 4.69) is 12.2 Å². The molecule has 2 heterocycles. The molecule has 0 radical (unpaired) electrons. The van der Waals surface area contributed by atoms with Crippen LogP contribution >= 0.6 is 0 Å². The zero-order valence-electron chi connectivity index (χ0n) is 14.8. The van der Waals surface area contributed by atoms with Gasteiger partial charge in [-0.2, -0.15) is 0 Å². The van der Waals surface area contributed by atoms with E-state index in [1.54, 1.807) is 24.3 Å². The number of nitrogens with two attached hydrogens (primary N) is 1. The number of carbonyl (C=O) groups excluding carboxylic acids is 2. The molecule has 136 valence electrons. The number of likely N-dealkylation sites (tertiary alicyclic amines) is 1. The van der Waals surface area contributed by atoms with Gasteiger partial charge in [-0.05, 0) is 63.3 Å². The van der Waals surface area contributed by atoms with Gasteiger partial charge in [-0.3, -0.25) is 9.59 Å². The Balaban J connectivity index is 1.63. The van der Waals surface area contributed by atoms with Gasteiger partial charge in [0.1, 0.15) is 5.54 Å². The molecule has 3 rings (SSSR count). The third-order valence-corrected chi connectivity index (χ3v) is 5.29. The number of amides is 2. The first kappa shape index (κ1) is 17.9. The molecule has 2 saturated heterocycles. The van der Waals surface area contributed by atoms with Gasteiger partial charge in [-0.25, -0.2) is 0 Å². The maximum absolute atomic E-state index is 12.6. The lowest BCUT2D eigenvalue weighted by molar-refractivity contribution is -0.124. The Bertz CT molecular complexity index is 623. The number of carbonyl (C=O) groups is 2. The summed E-state index contributed by atoms with van der Waals surface area (Å²) in [5.74, 6) is -0.135. The van der Waals surface area contributed by atoms with Crippen molar-refractivity contribution in [3.05, 3.63) is 29.8 Å². The summed E-state index contributed by atoms with van der Waals surface area (Å²) >= 11 is 0. The van der Waals surface area contributed by atoms with Gasteiger partial charge < -0.3 is 20.7 Å². The number of ether oxygens (including phenoxy) is 1. The molecule has 2 fully saturated rings. The average molecular weight is 345 g/mol. The minimum Gasteiger partial charge on any atom is -0.381 e. The highest BCUT2D eigenvalue weighted by molar-refractivity contribution is 5.99. The van der Waals surface area contributed by atoms with E-state index in [0.717, 1.165) is 19.4 Å². The van der Waals surface area contributed by atoms with Crippen LogP contribution in [0.5, 0.6) is 0 Å². The quantitative estimate of drug-likeness (QED) is 0.879. The molecule has 1 aromatic carbocycles. The third-order valence-electron chi connectivity index (χ3n) is 5.29. The van der Waals surface area contributed by atoms with Gasteiger partial charge in [0.05, 0.1) is 0 Å². The predicted octanol–water partition coefficient (Wildman–Crippen LogP) is 2.15. The zero-order chi connectivity index (χ0) is 17.9. The zero-order valence-corrected chi connectivity index (χ0v) is 14.8. The molecule has 0 aliphatic carbocycles. The normalized spacial score (nSPS) is 23.1. The fraction of sp³-hybridized carbons (Fsp3) is 0.579. The van der Waals surface area contributed by atoms with Gasteiger partial charge in [0, 0.05) is 37.1 Å². The van der Waals surface area contributed by atoms with Crippen LogP contribution in [-0.4, -0.2) is 48.1 Å². The lowest BCUT2D eigenvalue weighted by Crippen LogP contribution is -2.54. The van der Waals surface area contributed by atoms with Crippen molar-refractivity contribution in [1.82, 2.24) is 4.90 Å². The second-order valence-corrected chi connectivity index (χ2v) is 7.14. The summed E-state index contributed by atoms with van der Waals surface area (Å²) in [6.07, 6.45) is 4.33. The highest BCUT2D eigenvalue weighted by Gasteiger charge is 2.36. The molecular weight excluding hydrogens is 318 g/mol. The fourth-order valence-corrected chi connectivity index (χ4v) is 3.48. The Morgan fingerprint density at radius 3 is 2.52 bits per heavy atom. The average Bonchev–Trinajstić information content (AvgIpc) is 2.63. The molecule has 0 bridgehead atoms. The molecule has 1 atom stereocenters. The summed E-state index contributed by atoms with van der Waals surface area (Å²) in [4.78, 5) is 27.0. The van der Waals surface area contributed by atoms with E-state index >= 15 is 0 Å². The van der Waals surface area contributed by atoms with Crippen LogP contribution in [0, 0.1) is 0 Å². The maximum atomic E-state index is 12.6. The smallest absolute Gasteiger partial charge is 0.254 e. The minimum atomic E-state index is -0.879. The first-order valence-corrected chi connectivity index (χ1v) is 9.09. The van der Waals surface area contributed by atoms with Gasteiger partial charge >= 0.3 is 0 Å². The van der Waals surface area contributed by atoms with Gasteiger partial charge in [0.2, 0.25) is 5.91 Å². The molecule has 2 aliphatic heterocycles. The summed E-state index contributed by atoms with van der Waals surface area (Å²) in [5, 5.41) is 2.86. The number of anilines is 1. The second-order valence-electron chi connectivity index (χ2n) is 7.14. The molecule has 2 amide bonds. The van der Waals surface area contributed by atoms with E-state index in [4.69, 9.17) is 10.5 Å².